The molecule has 0 N–H and O–H groups in total. The molecule has 0 aromatic heterocycles. The van der Waals surface area contributed by atoms with Gasteiger partial charge < -0.3 is 0 Å². The second-order valence-electron chi connectivity index (χ2n) is 3.20. The summed E-state index contributed by atoms with van der Waals surface area (Å²) in [7, 11) is 0. The normalized spacial score (nSPS) is 8.00. The van der Waals surface area contributed by atoms with Crippen LogP contribution in [0.4, 0.5) is 0 Å². The molecule has 0 aliphatic rings. The fourth-order valence-electron chi connectivity index (χ4n) is 1.26. The molecule has 0 saturated heterocycles. The zero-order chi connectivity index (χ0) is 11.6. The Balaban J connectivity index is 0.000000453. The monoisotopic (exact) mass is 256 g/mol. The fourth-order valence-corrected chi connectivity index (χ4v) is 1.26. The molecule has 0 radical (unpaired) electrons. The summed E-state index contributed by atoms with van der Waals surface area (Å²) in [6, 6.07) is 20.8. The van der Waals surface area contributed by atoms with Crippen LogP contribution >= 0.6 is 0 Å². The third kappa shape index (κ3) is 6.06. The number of allylic oxidation sites excluding steroid dienone is 2. The van der Waals surface area contributed by atoms with Crippen LogP contribution in [-0.4, -0.2) is 0 Å². The van der Waals surface area contributed by atoms with Crippen LogP contribution in [0.3, 0.4) is 0 Å². The molecule has 0 aliphatic carbocycles. The Bertz CT molecular complexity index is 374. The number of rotatable bonds is 2. The third-order valence-corrected chi connectivity index (χ3v) is 2.05. The second-order valence-corrected chi connectivity index (χ2v) is 3.20. The van der Waals surface area contributed by atoms with Gasteiger partial charge in [0.05, 0.1) is 0 Å². The first-order valence-electron chi connectivity index (χ1n) is 5.22. The van der Waals surface area contributed by atoms with Crippen molar-refractivity contribution in [3.8, 4) is 11.1 Å². The number of benzene rings is 2. The fraction of sp³-hybridized carbons (Fsp3) is 0. The number of hydrogen-bond donors (Lipinski definition) is 0. The molecule has 82 valence electrons. The van der Waals surface area contributed by atoms with E-state index >= 15 is 0 Å². The molecule has 0 unspecified atom stereocenters. The zero-order valence-electron chi connectivity index (χ0n) is 9.84. The number of hydrogen-bond acceptors (Lipinski definition) is 0. The van der Waals surface area contributed by atoms with Crippen molar-refractivity contribution in [3.63, 3.8) is 0 Å². The first-order valence-corrected chi connectivity index (χ1v) is 5.22. The minimum Gasteiger partial charge on any atom is -0.0991 e. The Morgan fingerprint density at radius 1 is 0.588 bits per heavy atom. The molecule has 2 rings (SSSR count). The van der Waals surface area contributed by atoms with E-state index < -0.39 is 0 Å². The average Bonchev–Trinajstić information content (AvgIpc) is 2.41. The van der Waals surface area contributed by atoms with E-state index in [9.17, 15) is 0 Å². The maximum Gasteiger partial charge on any atom is 2.00 e. The van der Waals surface area contributed by atoms with Gasteiger partial charge in [0.15, 0.2) is 0 Å². The van der Waals surface area contributed by atoms with Crippen molar-refractivity contribution in [2.45, 2.75) is 0 Å². The van der Waals surface area contributed by atoms with Gasteiger partial charge in [0.25, 0.3) is 0 Å². The Morgan fingerprint density at radius 2 is 0.882 bits per heavy atom. The third-order valence-electron chi connectivity index (χ3n) is 2.05. The summed E-state index contributed by atoms with van der Waals surface area (Å²) in [6.45, 7) is 6.72. The first kappa shape index (κ1) is 15.6. The summed E-state index contributed by atoms with van der Waals surface area (Å²) in [6.07, 6.45) is 3.28. The average molecular weight is 256 g/mol. The Hall–Kier alpha value is -1.37. The van der Waals surface area contributed by atoms with Crippen molar-refractivity contribution in [1.82, 2.24) is 0 Å². The van der Waals surface area contributed by atoms with Crippen LogP contribution in [0.2, 0.25) is 0 Å². The molecule has 17 heavy (non-hydrogen) atoms. The molecular formula is C16H16Ti+2. The predicted molar refractivity (Wildman–Crippen MR) is 72.3 cm³/mol. The summed E-state index contributed by atoms with van der Waals surface area (Å²) in [4.78, 5) is 0. The minimum atomic E-state index is 0. The topological polar surface area (TPSA) is 0 Å². The molecular weight excluding hydrogens is 240 g/mol. The van der Waals surface area contributed by atoms with E-state index in [2.05, 4.69) is 61.7 Å². The van der Waals surface area contributed by atoms with E-state index in [-0.39, 0.29) is 21.7 Å². The van der Waals surface area contributed by atoms with Crippen LogP contribution in [0.1, 0.15) is 0 Å². The van der Waals surface area contributed by atoms with Crippen molar-refractivity contribution in [3.05, 3.63) is 86.0 Å². The molecule has 0 saturated carbocycles. The molecule has 0 heterocycles. The summed E-state index contributed by atoms with van der Waals surface area (Å²) in [5, 5.41) is 0. The molecule has 0 spiro atoms. The van der Waals surface area contributed by atoms with Gasteiger partial charge in [0, 0.05) is 0 Å². The Morgan fingerprint density at radius 3 is 1.12 bits per heavy atom. The molecule has 2 aromatic rings. The summed E-state index contributed by atoms with van der Waals surface area (Å²) in [5.41, 5.74) is 2.55. The SMILES string of the molecule is C=CC=C.[Ti+2].c1ccc(-c2ccccc2)cc1. The van der Waals surface area contributed by atoms with Crippen molar-refractivity contribution in [2.24, 2.45) is 0 Å². The Labute approximate surface area is 119 Å². The van der Waals surface area contributed by atoms with Crippen LogP contribution in [-0.2, 0) is 21.7 Å². The van der Waals surface area contributed by atoms with Crippen molar-refractivity contribution in [2.75, 3.05) is 0 Å². The zero-order valence-corrected chi connectivity index (χ0v) is 11.4. The smallest absolute Gasteiger partial charge is 0.0991 e. The van der Waals surface area contributed by atoms with Crippen LogP contribution in [0.5, 0.6) is 0 Å². The van der Waals surface area contributed by atoms with E-state index in [1.807, 2.05) is 12.1 Å². The van der Waals surface area contributed by atoms with Crippen molar-refractivity contribution >= 4 is 0 Å². The standard InChI is InChI=1S/C12H10.C4H6.Ti/c1-3-7-11(8-4-1)12-9-5-2-6-10-12;1-3-4-2;/h1-10H;3-4H,1-2H2;/q;;+2. The molecule has 1 heteroatoms. The van der Waals surface area contributed by atoms with Gasteiger partial charge in [-0.25, -0.2) is 0 Å². The van der Waals surface area contributed by atoms with Crippen LogP contribution in [0, 0.1) is 0 Å². The second kappa shape index (κ2) is 9.83. The van der Waals surface area contributed by atoms with Gasteiger partial charge >= 0.3 is 21.7 Å². The summed E-state index contributed by atoms with van der Waals surface area (Å²) in [5.74, 6) is 0. The first-order chi connectivity index (χ1) is 7.88. The van der Waals surface area contributed by atoms with Crippen LogP contribution in [0.25, 0.3) is 11.1 Å². The van der Waals surface area contributed by atoms with E-state index in [4.69, 9.17) is 0 Å². The van der Waals surface area contributed by atoms with Gasteiger partial charge in [-0.2, -0.15) is 0 Å². The molecule has 0 fully saturated rings. The quantitative estimate of drug-likeness (QED) is 0.539. The molecule has 0 atom stereocenters. The maximum absolute atomic E-state index is 3.36. The van der Waals surface area contributed by atoms with E-state index in [1.54, 1.807) is 12.2 Å². The maximum atomic E-state index is 3.36. The van der Waals surface area contributed by atoms with Gasteiger partial charge in [0.2, 0.25) is 0 Å². The van der Waals surface area contributed by atoms with Crippen LogP contribution < -0.4 is 0 Å². The van der Waals surface area contributed by atoms with E-state index in [0.29, 0.717) is 0 Å². The molecule has 2 aromatic carbocycles. The molecule has 0 aliphatic heterocycles. The summed E-state index contributed by atoms with van der Waals surface area (Å²) >= 11 is 0. The van der Waals surface area contributed by atoms with Crippen molar-refractivity contribution in [1.29, 1.82) is 0 Å². The Kier molecular flexibility index (Phi) is 9.04. The summed E-state index contributed by atoms with van der Waals surface area (Å²) < 4.78 is 0. The van der Waals surface area contributed by atoms with Gasteiger partial charge in [-0.3, -0.25) is 0 Å². The van der Waals surface area contributed by atoms with E-state index in [0.717, 1.165) is 0 Å². The van der Waals surface area contributed by atoms with E-state index in [1.165, 1.54) is 11.1 Å². The molecule has 0 bridgehead atoms. The molecule has 0 nitrogen and oxygen atoms in total. The van der Waals surface area contributed by atoms with Gasteiger partial charge in [-0.1, -0.05) is 86.0 Å². The van der Waals surface area contributed by atoms with Crippen molar-refractivity contribution < 1.29 is 21.7 Å². The minimum absolute atomic E-state index is 0. The largest absolute Gasteiger partial charge is 2.00 e. The predicted octanol–water partition coefficient (Wildman–Crippen LogP) is 4.71. The molecule has 0 amide bonds. The van der Waals surface area contributed by atoms with Gasteiger partial charge in [-0.05, 0) is 11.1 Å². The van der Waals surface area contributed by atoms with Crippen LogP contribution in [0.15, 0.2) is 86.0 Å². The van der Waals surface area contributed by atoms with Gasteiger partial charge in [0.1, 0.15) is 0 Å². The van der Waals surface area contributed by atoms with Gasteiger partial charge in [-0.15, -0.1) is 0 Å².